The van der Waals surface area contributed by atoms with Crippen molar-refractivity contribution >= 4 is 27.9 Å². The summed E-state index contributed by atoms with van der Waals surface area (Å²) in [4.78, 5) is 0. The molecular formula is C3H2N4O2S2. The average Bonchev–Trinajstić information content (AvgIpc) is 2.35. The second kappa shape index (κ2) is 3.30. The zero-order valence-corrected chi connectivity index (χ0v) is 6.68. The van der Waals surface area contributed by atoms with Crippen LogP contribution in [-0.2, 0) is 10.5 Å². The fourth-order valence-electron chi connectivity index (χ4n) is 0.389. The lowest BCUT2D eigenvalue weighted by Gasteiger charge is -1.81. The van der Waals surface area contributed by atoms with Crippen LogP contribution in [0.15, 0.2) is 9.74 Å². The normalized spacial score (nSPS) is 9.09. The molecule has 0 spiro atoms. The van der Waals surface area contributed by atoms with E-state index in [2.05, 4.69) is 13.9 Å². The third-order valence-corrected chi connectivity index (χ3v) is 1.60. The highest BCUT2D eigenvalue weighted by molar-refractivity contribution is 7.62. The number of hydrogen-bond donors (Lipinski definition) is 1. The van der Waals surface area contributed by atoms with Crippen LogP contribution in [-0.4, -0.2) is 23.8 Å². The molecule has 0 aliphatic carbocycles. The second-order valence-electron chi connectivity index (χ2n) is 1.45. The van der Waals surface area contributed by atoms with Gasteiger partial charge in [0, 0.05) is 5.38 Å². The third-order valence-electron chi connectivity index (χ3n) is 0.768. The van der Waals surface area contributed by atoms with E-state index in [-0.39, 0.29) is 5.69 Å². The van der Waals surface area contributed by atoms with Crippen LogP contribution in [0.2, 0.25) is 0 Å². The van der Waals surface area contributed by atoms with Crippen molar-refractivity contribution in [3.8, 4) is 0 Å². The number of rotatable bonds is 1. The maximum Gasteiger partial charge on any atom is 0.317 e. The summed E-state index contributed by atoms with van der Waals surface area (Å²) in [6.07, 6.45) is 0. The van der Waals surface area contributed by atoms with Crippen LogP contribution >= 0.6 is 11.5 Å². The van der Waals surface area contributed by atoms with Crippen LogP contribution in [0.5, 0.6) is 0 Å². The largest absolute Gasteiger partial charge is 0.317 e. The van der Waals surface area contributed by atoms with Crippen molar-refractivity contribution < 1.29 is 8.42 Å². The molecule has 0 aromatic carbocycles. The molecule has 1 heterocycles. The molecule has 0 unspecified atom stereocenters. The Balaban J connectivity index is 2.97. The maximum absolute atomic E-state index is 9.95. The zero-order valence-electron chi connectivity index (χ0n) is 5.05. The van der Waals surface area contributed by atoms with Crippen LogP contribution in [0.4, 0.5) is 0 Å². The van der Waals surface area contributed by atoms with Crippen molar-refractivity contribution in [3.05, 3.63) is 11.1 Å². The SMILES string of the molecule is N=C(N=S(=O)=O)c1csnn1. The van der Waals surface area contributed by atoms with E-state index < -0.39 is 16.3 Å². The predicted octanol–water partition coefficient (Wildman–Crippen LogP) is -0.0738. The molecule has 8 heteroatoms. The number of nitrogens with one attached hydrogen (secondary N) is 1. The third kappa shape index (κ3) is 2.16. The monoisotopic (exact) mass is 190 g/mol. The van der Waals surface area contributed by atoms with Crippen LogP contribution in [0.25, 0.3) is 0 Å². The summed E-state index contributed by atoms with van der Waals surface area (Å²) in [5.74, 6) is -0.396. The highest BCUT2D eigenvalue weighted by atomic mass is 32.2. The summed E-state index contributed by atoms with van der Waals surface area (Å²) in [7, 11) is -2.59. The Hall–Kier alpha value is -1.15. The van der Waals surface area contributed by atoms with Crippen molar-refractivity contribution in [2.75, 3.05) is 0 Å². The molecule has 0 fully saturated rings. The minimum absolute atomic E-state index is 0.166. The first-order chi connectivity index (χ1) is 5.20. The Labute approximate surface area is 67.3 Å². The van der Waals surface area contributed by atoms with Gasteiger partial charge < -0.3 is 0 Å². The minimum Gasteiger partial charge on any atom is -0.280 e. The quantitative estimate of drug-likeness (QED) is 0.495. The highest BCUT2D eigenvalue weighted by Gasteiger charge is 2.01. The van der Waals surface area contributed by atoms with Gasteiger partial charge in [0.15, 0.2) is 5.84 Å². The molecule has 0 bridgehead atoms. The molecular weight excluding hydrogens is 188 g/mol. The van der Waals surface area contributed by atoms with Gasteiger partial charge in [0.25, 0.3) is 0 Å². The van der Waals surface area contributed by atoms with E-state index in [9.17, 15) is 8.42 Å². The standard InChI is InChI=1S/C3H2N4O2S2/c4-3(6-11(8)9)2-1-10-7-5-2/h1,4H. The molecule has 6 nitrogen and oxygen atoms in total. The average molecular weight is 190 g/mol. The molecule has 11 heavy (non-hydrogen) atoms. The van der Waals surface area contributed by atoms with Crippen LogP contribution < -0.4 is 0 Å². The summed E-state index contributed by atoms with van der Waals surface area (Å²) in [5.41, 5.74) is 0.166. The molecule has 0 radical (unpaired) electrons. The van der Waals surface area contributed by atoms with Gasteiger partial charge in [-0.25, -0.2) is 0 Å². The van der Waals surface area contributed by atoms with E-state index in [0.717, 1.165) is 11.5 Å². The van der Waals surface area contributed by atoms with E-state index in [1.54, 1.807) is 0 Å². The topological polar surface area (TPSA) is 96.1 Å². The number of hydrogen-bond acceptors (Lipinski definition) is 6. The van der Waals surface area contributed by atoms with Gasteiger partial charge in [-0.3, -0.25) is 5.41 Å². The van der Waals surface area contributed by atoms with Crippen LogP contribution in [0.3, 0.4) is 0 Å². The molecule has 0 aliphatic heterocycles. The predicted molar refractivity (Wildman–Crippen MR) is 38.1 cm³/mol. The molecule has 1 aromatic heterocycles. The van der Waals surface area contributed by atoms with E-state index >= 15 is 0 Å². The second-order valence-corrected chi connectivity index (χ2v) is 2.67. The van der Waals surface area contributed by atoms with Gasteiger partial charge in [-0.2, -0.15) is 8.42 Å². The Morgan fingerprint density at radius 1 is 1.73 bits per heavy atom. The smallest absolute Gasteiger partial charge is 0.280 e. The van der Waals surface area contributed by atoms with Crippen LogP contribution in [0, 0.1) is 5.41 Å². The van der Waals surface area contributed by atoms with Gasteiger partial charge >= 0.3 is 10.5 Å². The van der Waals surface area contributed by atoms with Gasteiger partial charge in [0.2, 0.25) is 0 Å². The number of aromatic nitrogens is 2. The Morgan fingerprint density at radius 3 is 2.91 bits per heavy atom. The zero-order chi connectivity index (χ0) is 8.27. The van der Waals surface area contributed by atoms with Crippen molar-refractivity contribution in [1.82, 2.24) is 9.59 Å². The molecule has 0 aliphatic rings. The van der Waals surface area contributed by atoms with Gasteiger partial charge in [-0.15, -0.1) is 9.46 Å². The molecule has 1 N–H and O–H groups in total. The number of nitrogens with zero attached hydrogens (tertiary/aromatic N) is 3. The Morgan fingerprint density at radius 2 is 2.45 bits per heavy atom. The van der Waals surface area contributed by atoms with Crippen molar-refractivity contribution in [2.24, 2.45) is 4.36 Å². The molecule has 1 aromatic rings. The van der Waals surface area contributed by atoms with Gasteiger partial charge in [0.1, 0.15) is 5.69 Å². The van der Waals surface area contributed by atoms with Crippen molar-refractivity contribution in [2.45, 2.75) is 0 Å². The highest BCUT2D eigenvalue weighted by Crippen LogP contribution is 1.98. The van der Waals surface area contributed by atoms with E-state index in [0.29, 0.717) is 0 Å². The first-order valence-electron chi connectivity index (χ1n) is 2.37. The minimum atomic E-state index is -2.59. The van der Waals surface area contributed by atoms with E-state index in [1.165, 1.54) is 5.38 Å². The molecule has 0 saturated heterocycles. The first kappa shape index (κ1) is 7.95. The summed E-state index contributed by atoms with van der Waals surface area (Å²) >= 11 is 1.03. The lowest BCUT2D eigenvalue weighted by molar-refractivity contribution is 0.623. The molecule has 58 valence electrons. The summed E-state index contributed by atoms with van der Waals surface area (Å²) in [5, 5.41) is 11.9. The summed E-state index contributed by atoms with van der Waals surface area (Å²) in [6.45, 7) is 0. The Kier molecular flexibility index (Phi) is 2.39. The van der Waals surface area contributed by atoms with Gasteiger partial charge in [-0.1, -0.05) is 4.49 Å². The van der Waals surface area contributed by atoms with Gasteiger partial charge in [-0.05, 0) is 11.5 Å². The molecule has 0 atom stereocenters. The fraction of sp³-hybridized carbons (Fsp3) is 0. The molecule has 0 saturated carbocycles. The summed E-state index contributed by atoms with van der Waals surface area (Å²) in [6, 6.07) is 0. The lowest BCUT2D eigenvalue weighted by Crippen LogP contribution is -1.94. The van der Waals surface area contributed by atoms with Gasteiger partial charge in [0.05, 0.1) is 0 Å². The molecule has 0 amide bonds. The maximum atomic E-state index is 9.95. The van der Waals surface area contributed by atoms with E-state index in [1.807, 2.05) is 0 Å². The summed E-state index contributed by atoms with van der Waals surface area (Å²) < 4.78 is 26.3. The molecule has 1 rings (SSSR count). The fourth-order valence-corrected chi connectivity index (χ4v) is 1.07. The first-order valence-corrected chi connectivity index (χ1v) is 4.24. The van der Waals surface area contributed by atoms with Crippen molar-refractivity contribution in [3.63, 3.8) is 0 Å². The van der Waals surface area contributed by atoms with Crippen LogP contribution in [0.1, 0.15) is 5.69 Å². The Bertz CT molecular complexity index is 369. The number of amidine groups is 1. The van der Waals surface area contributed by atoms with E-state index in [4.69, 9.17) is 5.41 Å². The van der Waals surface area contributed by atoms with Crippen molar-refractivity contribution in [1.29, 1.82) is 5.41 Å². The lowest BCUT2D eigenvalue weighted by atomic mass is 10.5.